The smallest absolute Gasteiger partial charge is 0.0548 e. The van der Waals surface area contributed by atoms with Crippen LogP contribution in [0.3, 0.4) is 0 Å². The van der Waals surface area contributed by atoms with Crippen LogP contribution in [-0.4, -0.2) is 5.25 Å². The molecule has 0 bridgehead atoms. The molecule has 78 valence electrons. The molecule has 3 aliphatic rings. The first-order chi connectivity index (χ1) is 7.93. The highest BCUT2D eigenvalue weighted by molar-refractivity contribution is 8.04. The van der Waals surface area contributed by atoms with E-state index < -0.39 is 0 Å². The minimum atomic E-state index is 0.582. The van der Waals surface area contributed by atoms with Gasteiger partial charge in [0.25, 0.3) is 0 Å². The molecule has 0 nitrogen and oxygen atoms in total. The van der Waals surface area contributed by atoms with Gasteiger partial charge in [0.05, 0.1) is 5.25 Å². The first-order valence-corrected chi connectivity index (χ1v) is 7.27. The summed E-state index contributed by atoms with van der Waals surface area (Å²) in [6, 6.07) is 2.27. The van der Waals surface area contributed by atoms with E-state index >= 15 is 0 Å². The van der Waals surface area contributed by atoms with Crippen LogP contribution < -0.4 is 9.75 Å². The van der Waals surface area contributed by atoms with E-state index in [0.717, 1.165) is 6.42 Å². The van der Waals surface area contributed by atoms with Gasteiger partial charge < -0.3 is 0 Å². The molecular formula is C14H10S2. The van der Waals surface area contributed by atoms with Crippen LogP contribution in [0.2, 0.25) is 0 Å². The van der Waals surface area contributed by atoms with Gasteiger partial charge in [0.2, 0.25) is 0 Å². The molecule has 1 aliphatic heterocycles. The second-order valence-electron chi connectivity index (χ2n) is 4.19. The van der Waals surface area contributed by atoms with E-state index in [1.54, 1.807) is 5.57 Å². The Kier molecular flexibility index (Phi) is 1.85. The van der Waals surface area contributed by atoms with Gasteiger partial charge in [0, 0.05) is 4.53 Å². The van der Waals surface area contributed by atoms with Crippen LogP contribution in [0.15, 0.2) is 46.2 Å². The summed E-state index contributed by atoms with van der Waals surface area (Å²) in [5.74, 6) is 0. The SMILES string of the molecule is C1=CCC(C2=CSC3C=c4sccc4=C23)=C1. The van der Waals surface area contributed by atoms with Crippen molar-refractivity contribution in [3.8, 4) is 0 Å². The number of hydrogen-bond donors (Lipinski definition) is 0. The van der Waals surface area contributed by atoms with E-state index in [0.29, 0.717) is 5.25 Å². The molecule has 2 heterocycles. The lowest BCUT2D eigenvalue weighted by atomic mass is 9.97. The molecule has 4 rings (SSSR count). The maximum Gasteiger partial charge on any atom is 0.0548 e. The molecule has 0 radical (unpaired) electrons. The van der Waals surface area contributed by atoms with Gasteiger partial charge in [0.1, 0.15) is 0 Å². The molecule has 1 unspecified atom stereocenters. The predicted octanol–water partition coefficient (Wildman–Crippen LogP) is 2.58. The third kappa shape index (κ3) is 1.12. The number of fused-ring (bicyclic) bond motifs is 2. The molecule has 0 aromatic carbocycles. The average molecular weight is 242 g/mol. The average Bonchev–Trinajstić information content (AvgIpc) is 2.98. The molecule has 0 amide bonds. The normalized spacial score (nSPS) is 25.2. The third-order valence-electron chi connectivity index (χ3n) is 3.31. The Bertz CT molecular complexity index is 668. The van der Waals surface area contributed by atoms with E-state index in [2.05, 4.69) is 41.2 Å². The highest BCUT2D eigenvalue weighted by Crippen LogP contribution is 2.43. The molecule has 0 saturated carbocycles. The second kappa shape index (κ2) is 3.25. The van der Waals surface area contributed by atoms with Crippen molar-refractivity contribution in [3.63, 3.8) is 0 Å². The van der Waals surface area contributed by atoms with Crippen molar-refractivity contribution in [1.29, 1.82) is 0 Å². The zero-order chi connectivity index (χ0) is 10.5. The zero-order valence-corrected chi connectivity index (χ0v) is 10.3. The van der Waals surface area contributed by atoms with E-state index in [9.17, 15) is 0 Å². The van der Waals surface area contributed by atoms with Gasteiger partial charge in [-0.05, 0) is 51.3 Å². The van der Waals surface area contributed by atoms with Crippen LogP contribution in [0.1, 0.15) is 6.42 Å². The third-order valence-corrected chi connectivity index (χ3v) is 5.23. The number of allylic oxidation sites excluding steroid dienone is 5. The molecule has 1 atom stereocenters. The lowest BCUT2D eigenvalue weighted by Crippen LogP contribution is -2.16. The highest BCUT2D eigenvalue weighted by atomic mass is 32.2. The van der Waals surface area contributed by atoms with Gasteiger partial charge in [-0.1, -0.05) is 18.2 Å². The Morgan fingerprint density at radius 2 is 2.31 bits per heavy atom. The van der Waals surface area contributed by atoms with Crippen LogP contribution in [0.5, 0.6) is 0 Å². The molecule has 16 heavy (non-hydrogen) atoms. The number of rotatable bonds is 1. The fourth-order valence-corrected chi connectivity index (χ4v) is 4.67. The number of thiophene rings is 1. The Morgan fingerprint density at radius 1 is 1.31 bits per heavy atom. The molecule has 0 N–H and O–H groups in total. The van der Waals surface area contributed by atoms with Gasteiger partial charge >= 0.3 is 0 Å². The Labute approximate surface area is 102 Å². The van der Waals surface area contributed by atoms with E-state index in [-0.39, 0.29) is 0 Å². The molecule has 1 aromatic rings. The van der Waals surface area contributed by atoms with Gasteiger partial charge in [-0.25, -0.2) is 0 Å². The standard InChI is InChI=1S/C14H10S2/c1-2-4-9(3-1)11-8-16-13-7-12-10(14(11)13)5-6-15-12/h1-3,5-8,13H,4H2. The molecule has 2 aliphatic carbocycles. The topological polar surface area (TPSA) is 0 Å². The first-order valence-electron chi connectivity index (χ1n) is 5.45. The van der Waals surface area contributed by atoms with Crippen LogP contribution in [0.25, 0.3) is 11.6 Å². The Hall–Kier alpha value is -0.990. The van der Waals surface area contributed by atoms with E-state index in [1.165, 1.54) is 20.9 Å². The van der Waals surface area contributed by atoms with Crippen LogP contribution in [0, 0.1) is 0 Å². The van der Waals surface area contributed by atoms with E-state index in [1.807, 2.05) is 23.1 Å². The van der Waals surface area contributed by atoms with Crippen LogP contribution in [-0.2, 0) is 0 Å². The van der Waals surface area contributed by atoms with Gasteiger partial charge in [-0.3, -0.25) is 0 Å². The zero-order valence-electron chi connectivity index (χ0n) is 8.64. The highest BCUT2D eigenvalue weighted by Gasteiger charge is 2.28. The quantitative estimate of drug-likeness (QED) is 0.729. The maximum atomic E-state index is 2.41. The molecule has 0 spiro atoms. The summed E-state index contributed by atoms with van der Waals surface area (Å²) >= 11 is 3.81. The van der Waals surface area contributed by atoms with Gasteiger partial charge in [-0.2, -0.15) is 0 Å². The van der Waals surface area contributed by atoms with Crippen molar-refractivity contribution in [2.45, 2.75) is 11.7 Å². The molecule has 1 aromatic heterocycles. The van der Waals surface area contributed by atoms with Crippen molar-refractivity contribution < 1.29 is 0 Å². The second-order valence-corrected chi connectivity index (χ2v) is 6.15. The van der Waals surface area contributed by atoms with Crippen LogP contribution >= 0.6 is 23.1 Å². The summed E-state index contributed by atoms with van der Waals surface area (Å²) in [6.07, 6.45) is 10.2. The van der Waals surface area contributed by atoms with Crippen molar-refractivity contribution in [2.75, 3.05) is 0 Å². The summed E-state index contributed by atoms with van der Waals surface area (Å²) in [7, 11) is 0. The number of thioether (sulfide) groups is 1. The first kappa shape index (κ1) is 9.08. The summed E-state index contributed by atoms with van der Waals surface area (Å²) in [5.41, 5.74) is 4.52. The van der Waals surface area contributed by atoms with Crippen LogP contribution in [0.4, 0.5) is 0 Å². The summed E-state index contributed by atoms with van der Waals surface area (Å²) in [5, 5.41) is 6.60. The number of hydrogen-bond acceptors (Lipinski definition) is 2. The van der Waals surface area contributed by atoms with Crippen molar-refractivity contribution in [3.05, 3.63) is 56.0 Å². The molecule has 2 heteroatoms. The van der Waals surface area contributed by atoms with Crippen molar-refractivity contribution in [2.24, 2.45) is 0 Å². The fourth-order valence-electron chi connectivity index (χ4n) is 2.55. The Balaban J connectivity index is 1.94. The van der Waals surface area contributed by atoms with Gasteiger partial charge in [0.15, 0.2) is 0 Å². The largest absolute Gasteiger partial charge is 0.144 e. The summed E-state index contributed by atoms with van der Waals surface area (Å²) in [4.78, 5) is 0. The fraction of sp³-hybridized carbons (Fsp3) is 0.143. The summed E-state index contributed by atoms with van der Waals surface area (Å²) in [6.45, 7) is 0. The predicted molar refractivity (Wildman–Crippen MR) is 72.7 cm³/mol. The lowest BCUT2D eigenvalue weighted by Gasteiger charge is -2.07. The molecular weight excluding hydrogens is 232 g/mol. The molecule has 0 saturated heterocycles. The minimum absolute atomic E-state index is 0.582. The van der Waals surface area contributed by atoms with E-state index in [4.69, 9.17) is 0 Å². The monoisotopic (exact) mass is 242 g/mol. The maximum absolute atomic E-state index is 2.41. The van der Waals surface area contributed by atoms with Gasteiger partial charge in [-0.15, -0.1) is 23.1 Å². The minimum Gasteiger partial charge on any atom is -0.144 e. The Morgan fingerprint density at radius 3 is 3.19 bits per heavy atom. The summed E-state index contributed by atoms with van der Waals surface area (Å²) < 4.78 is 1.46. The van der Waals surface area contributed by atoms with Crippen molar-refractivity contribution in [1.82, 2.24) is 0 Å². The molecule has 0 fully saturated rings. The van der Waals surface area contributed by atoms with Crippen molar-refractivity contribution >= 4 is 34.7 Å². The lowest BCUT2D eigenvalue weighted by molar-refractivity contribution is 1.29.